The topological polar surface area (TPSA) is 43.1 Å². The normalized spacial score (nSPS) is 32.5. The van der Waals surface area contributed by atoms with Gasteiger partial charge in [0, 0.05) is 27.8 Å². The molecule has 0 bridgehead atoms. The van der Waals surface area contributed by atoms with Gasteiger partial charge in [-0.1, -0.05) is 13.3 Å². The van der Waals surface area contributed by atoms with Crippen LogP contribution in [0.5, 0.6) is 0 Å². The molecule has 1 rings (SSSR count). The zero-order valence-electron chi connectivity index (χ0n) is 9.37. The van der Waals surface area contributed by atoms with Crippen LogP contribution in [0.2, 0.25) is 0 Å². The molecule has 0 aromatic rings. The summed E-state index contributed by atoms with van der Waals surface area (Å²) in [6, 6.07) is 0. The van der Waals surface area contributed by atoms with Crippen LogP contribution in [0.15, 0.2) is 0 Å². The highest BCUT2D eigenvalue weighted by atomic mass is 32.2. The van der Waals surface area contributed by atoms with E-state index in [1.165, 1.54) is 19.3 Å². The Kier molecular flexibility index (Phi) is 5.10. The smallest absolute Gasteiger partial charge is 0.0445 e. The molecule has 3 heteroatoms. The molecule has 14 heavy (non-hydrogen) atoms. The molecule has 1 aliphatic carbocycles. The second-order valence-corrected chi connectivity index (χ2v) is 6.55. The summed E-state index contributed by atoms with van der Waals surface area (Å²) in [4.78, 5) is 0. The van der Waals surface area contributed by atoms with Crippen molar-refractivity contribution in [3.05, 3.63) is 0 Å². The van der Waals surface area contributed by atoms with Crippen molar-refractivity contribution < 1.29 is 4.21 Å². The Bertz CT molecular complexity index is 188. The van der Waals surface area contributed by atoms with Crippen LogP contribution in [0.1, 0.15) is 46.0 Å². The fraction of sp³-hybridized carbons (Fsp3) is 1.00. The molecule has 84 valence electrons. The zero-order valence-corrected chi connectivity index (χ0v) is 10.2. The number of hydrogen-bond donors (Lipinski definition) is 1. The summed E-state index contributed by atoms with van der Waals surface area (Å²) < 4.78 is 12.0. The minimum absolute atomic E-state index is 0.179. The highest BCUT2D eigenvalue weighted by Crippen LogP contribution is 2.30. The van der Waals surface area contributed by atoms with E-state index >= 15 is 0 Å². The van der Waals surface area contributed by atoms with E-state index in [1.807, 2.05) is 6.92 Å². The van der Waals surface area contributed by atoms with Crippen LogP contribution in [0, 0.1) is 5.92 Å². The molecule has 1 saturated carbocycles. The third kappa shape index (κ3) is 3.06. The first-order chi connectivity index (χ1) is 6.69. The monoisotopic (exact) mass is 217 g/mol. The Morgan fingerprint density at radius 2 is 1.93 bits per heavy atom. The van der Waals surface area contributed by atoms with Crippen LogP contribution in [-0.4, -0.2) is 21.3 Å². The molecule has 0 radical (unpaired) electrons. The van der Waals surface area contributed by atoms with Gasteiger partial charge in [0.15, 0.2) is 0 Å². The van der Waals surface area contributed by atoms with E-state index in [9.17, 15) is 4.21 Å². The predicted octanol–water partition coefficient (Wildman–Crippen LogP) is 2.05. The molecular weight excluding hydrogens is 194 g/mol. The molecule has 0 aliphatic heterocycles. The van der Waals surface area contributed by atoms with Crippen molar-refractivity contribution in [3.8, 4) is 0 Å². The highest BCUT2D eigenvalue weighted by molar-refractivity contribution is 7.86. The summed E-state index contributed by atoms with van der Waals surface area (Å²) in [5.41, 5.74) is 5.54. The number of rotatable bonds is 4. The number of hydrogen-bond acceptors (Lipinski definition) is 2. The second-order valence-electron chi connectivity index (χ2n) is 4.43. The van der Waals surface area contributed by atoms with Gasteiger partial charge in [0.25, 0.3) is 0 Å². The van der Waals surface area contributed by atoms with E-state index in [-0.39, 0.29) is 5.25 Å². The summed E-state index contributed by atoms with van der Waals surface area (Å²) >= 11 is 0. The SMILES string of the molecule is CCC1CCC(S(=O)C(C)CN)CC1. The molecule has 2 N–H and O–H groups in total. The lowest BCUT2D eigenvalue weighted by Crippen LogP contribution is -2.32. The summed E-state index contributed by atoms with van der Waals surface area (Å²) in [6.07, 6.45) is 6.12. The highest BCUT2D eigenvalue weighted by Gasteiger charge is 2.26. The first kappa shape index (κ1) is 12.2. The van der Waals surface area contributed by atoms with Crippen LogP contribution >= 0.6 is 0 Å². The van der Waals surface area contributed by atoms with Gasteiger partial charge in [-0.05, 0) is 38.5 Å². The summed E-state index contributed by atoms with van der Waals surface area (Å²) in [5.74, 6) is 0.886. The lowest BCUT2D eigenvalue weighted by atomic mass is 9.87. The third-order valence-electron chi connectivity index (χ3n) is 3.43. The maximum atomic E-state index is 12.0. The van der Waals surface area contributed by atoms with Gasteiger partial charge in [-0.15, -0.1) is 0 Å². The Balaban J connectivity index is 2.37. The average Bonchev–Trinajstić information content (AvgIpc) is 2.27. The van der Waals surface area contributed by atoms with E-state index < -0.39 is 10.8 Å². The van der Waals surface area contributed by atoms with Crippen LogP contribution in [0.4, 0.5) is 0 Å². The maximum Gasteiger partial charge on any atom is 0.0445 e. The second kappa shape index (κ2) is 5.86. The average molecular weight is 217 g/mol. The predicted molar refractivity (Wildman–Crippen MR) is 62.7 cm³/mol. The van der Waals surface area contributed by atoms with E-state index in [0.29, 0.717) is 11.8 Å². The molecule has 2 atom stereocenters. The van der Waals surface area contributed by atoms with Gasteiger partial charge in [0.05, 0.1) is 0 Å². The Morgan fingerprint density at radius 3 is 2.36 bits per heavy atom. The molecule has 1 aliphatic rings. The van der Waals surface area contributed by atoms with Crippen molar-refractivity contribution in [2.24, 2.45) is 11.7 Å². The first-order valence-corrected chi connectivity index (χ1v) is 7.06. The van der Waals surface area contributed by atoms with E-state index in [2.05, 4.69) is 6.92 Å². The van der Waals surface area contributed by atoms with E-state index in [0.717, 1.165) is 18.8 Å². The quantitative estimate of drug-likeness (QED) is 0.783. The standard InChI is InChI=1S/C11H23NOS/c1-3-10-4-6-11(7-5-10)14(13)9(2)8-12/h9-11H,3-8,12H2,1-2H3. The molecule has 0 heterocycles. The Hall–Kier alpha value is 0.110. The Labute approximate surface area is 90.1 Å². The van der Waals surface area contributed by atoms with Gasteiger partial charge in [0.2, 0.25) is 0 Å². The minimum Gasteiger partial charge on any atom is -0.329 e. The van der Waals surface area contributed by atoms with Gasteiger partial charge < -0.3 is 5.73 Å². The van der Waals surface area contributed by atoms with Crippen LogP contribution < -0.4 is 5.73 Å². The van der Waals surface area contributed by atoms with Gasteiger partial charge in [-0.2, -0.15) is 0 Å². The largest absolute Gasteiger partial charge is 0.329 e. The van der Waals surface area contributed by atoms with Gasteiger partial charge in [-0.25, -0.2) is 0 Å². The molecule has 0 aromatic heterocycles. The summed E-state index contributed by atoms with van der Waals surface area (Å²) in [5, 5.41) is 0.606. The molecule has 0 saturated heterocycles. The molecular formula is C11H23NOS. The lowest BCUT2D eigenvalue weighted by Gasteiger charge is -2.28. The van der Waals surface area contributed by atoms with Crippen LogP contribution in [-0.2, 0) is 10.8 Å². The maximum absolute atomic E-state index is 12.0. The van der Waals surface area contributed by atoms with E-state index in [4.69, 9.17) is 5.73 Å². The van der Waals surface area contributed by atoms with Gasteiger partial charge >= 0.3 is 0 Å². The summed E-state index contributed by atoms with van der Waals surface area (Å²) in [7, 11) is -0.693. The molecule has 0 aromatic carbocycles. The zero-order chi connectivity index (χ0) is 10.6. The van der Waals surface area contributed by atoms with Gasteiger partial charge in [-0.3, -0.25) is 4.21 Å². The lowest BCUT2D eigenvalue weighted by molar-refractivity contribution is 0.352. The Morgan fingerprint density at radius 1 is 1.36 bits per heavy atom. The van der Waals surface area contributed by atoms with Crippen molar-refractivity contribution in [2.45, 2.75) is 56.5 Å². The molecule has 0 amide bonds. The van der Waals surface area contributed by atoms with E-state index in [1.54, 1.807) is 0 Å². The fourth-order valence-electron chi connectivity index (χ4n) is 2.20. The van der Waals surface area contributed by atoms with Crippen LogP contribution in [0.25, 0.3) is 0 Å². The first-order valence-electron chi connectivity index (χ1n) is 5.78. The molecule has 2 unspecified atom stereocenters. The van der Waals surface area contributed by atoms with Crippen molar-refractivity contribution in [3.63, 3.8) is 0 Å². The molecule has 1 fully saturated rings. The van der Waals surface area contributed by atoms with Crippen molar-refractivity contribution in [2.75, 3.05) is 6.54 Å². The van der Waals surface area contributed by atoms with Crippen molar-refractivity contribution >= 4 is 10.8 Å². The van der Waals surface area contributed by atoms with Gasteiger partial charge in [0.1, 0.15) is 0 Å². The van der Waals surface area contributed by atoms with Crippen molar-refractivity contribution in [1.29, 1.82) is 0 Å². The molecule has 2 nitrogen and oxygen atoms in total. The summed E-state index contributed by atoms with van der Waals surface area (Å²) in [6.45, 7) is 4.81. The third-order valence-corrected chi connectivity index (χ3v) is 5.54. The van der Waals surface area contributed by atoms with Crippen molar-refractivity contribution in [1.82, 2.24) is 0 Å². The number of nitrogens with two attached hydrogens (primary N) is 1. The van der Waals surface area contributed by atoms with Crippen LogP contribution in [0.3, 0.4) is 0 Å². The fourth-order valence-corrected chi connectivity index (χ4v) is 3.78. The minimum atomic E-state index is -0.693. The molecule has 0 spiro atoms.